The standard InChI is InChI=1S/C22H17ClFNO3/c23-16-4-2-1-3-15(16)13-5-7-17(24)18(11-13)25-21(28)22(9-10-22)14-6-8-19(26)20(27)12-14/h1-8,11-12,26-27H,9-10H2,(H,25,28). The molecule has 0 unspecified atom stereocenters. The molecule has 1 amide bonds. The predicted octanol–water partition coefficient (Wildman–Crippen LogP) is 5.23. The van der Waals surface area contributed by atoms with Gasteiger partial charge < -0.3 is 15.5 Å². The summed E-state index contributed by atoms with van der Waals surface area (Å²) >= 11 is 6.22. The first kappa shape index (κ1) is 18.3. The van der Waals surface area contributed by atoms with E-state index in [1.807, 2.05) is 18.2 Å². The third-order valence-electron chi connectivity index (χ3n) is 5.11. The average molecular weight is 398 g/mol. The molecule has 0 saturated heterocycles. The lowest BCUT2D eigenvalue weighted by Gasteiger charge is -2.17. The van der Waals surface area contributed by atoms with Crippen LogP contribution in [0.2, 0.25) is 5.02 Å². The highest BCUT2D eigenvalue weighted by Crippen LogP contribution is 2.50. The number of amides is 1. The maximum absolute atomic E-state index is 14.4. The van der Waals surface area contributed by atoms with Gasteiger partial charge in [0.2, 0.25) is 5.91 Å². The van der Waals surface area contributed by atoms with E-state index in [4.69, 9.17) is 11.6 Å². The summed E-state index contributed by atoms with van der Waals surface area (Å²) in [6.07, 6.45) is 1.16. The van der Waals surface area contributed by atoms with Crippen LogP contribution in [-0.4, -0.2) is 16.1 Å². The van der Waals surface area contributed by atoms with Crippen LogP contribution in [0.4, 0.5) is 10.1 Å². The van der Waals surface area contributed by atoms with Gasteiger partial charge in [-0.3, -0.25) is 4.79 Å². The van der Waals surface area contributed by atoms with E-state index in [2.05, 4.69) is 5.32 Å². The van der Waals surface area contributed by atoms with Crippen LogP contribution < -0.4 is 5.32 Å². The summed E-state index contributed by atoms with van der Waals surface area (Å²) in [5, 5.41) is 22.4. The largest absolute Gasteiger partial charge is 0.504 e. The van der Waals surface area contributed by atoms with Gasteiger partial charge in [0.15, 0.2) is 11.5 Å². The van der Waals surface area contributed by atoms with Crippen molar-refractivity contribution >= 4 is 23.2 Å². The number of aromatic hydroxyl groups is 2. The highest BCUT2D eigenvalue weighted by atomic mass is 35.5. The van der Waals surface area contributed by atoms with Gasteiger partial charge in [0.1, 0.15) is 5.82 Å². The summed E-state index contributed by atoms with van der Waals surface area (Å²) in [6.45, 7) is 0. The zero-order chi connectivity index (χ0) is 19.9. The van der Waals surface area contributed by atoms with Crippen LogP contribution in [0.3, 0.4) is 0 Å². The molecule has 0 aliphatic heterocycles. The molecule has 0 radical (unpaired) electrons. The van der Waals surface area contributed by atoms with Gasteiger partial charge in [-0.15, -0.1) is 0 Å². The number of carbonyl (C=O) groups excluding carboxylic acids is 1. The molecule has 4 rings (SSSR count). The lowest BCUT2D eigenvalue weighted by molar-refractivity contribution is -0.118. The number of rotatable bonds is 4. The number of phenolic OH excluding ortho intramolecular Hbond substituents is 2. The molecule has 3 N–H and O–H groups in total. The van der Waals surface area contributed by atoms with E-state index in [1.54, 1.807) is 24.3 Å². The number of halogens is 2. The summed E-state index contributed by atoms with van der Waals surface area (Å²) in [5.74, 6) is -1.44. The first-order valence-electron chi connectivity index (χ1n) is 8.79. The van der Waals surface area contributed by atoms with Gasteiger partial charge in [-0.25, -0.2) is 4.39 Å². The van der Waals surface area contributed by atoms with Crippen molar-refractivity contribution in [2.45, 2.75) is 18.3 Å². The van der Waals surface area contributed by atoms with Crippen LogP contribution in [0.5, 0.6) is 11.5 Å². The van der Waals surface area contributed by atoms with Crippen LogP contribution >= 0.6 is 11.6 Å². The molecule has 1 saturated carbocycles. The van der Waals surface area contributed by atoms with Gasteiger partial charge in [0, 0.05) is 10.6 Å². The Kier molecular flexibility index (Phi) is 4.47. The maximum atomic E-state index is 14.4. The molecule has 1 fully saturated rings. The lowest BCUT2D eigenvalue weighted by Crippen LogP contribution is -2.28. The third-order valence-corrected chi connectivity index (χ3v) is 5.44. The summed E-state index contributed by atoms with van der Waals surface area (Å²) < 4.78 is 14.4. The number of phenols is 2. The van der Waals surface area contributed by atoms with Gasteiger partial charge in [-0.1, -0.05) is 41.9 Å². The van der Waals surface area contributed by atoms with Gasteiger partial charge >= 0.3 is 0 Å². The number of anilines is 1. The molecule has 28 heavy (non-hydrogen) atoms. The summed E-state index contributed by atoms with van der Waals surface area (Å²) in [5.41, 5.74) is 1.25. The highest BCUT2D eigenvalue weighted by Gasteiger charge is 2.51. The Bertz CT molecular complexity index is 1080. The Morgan fingerprint density at radius 3 is 2.43 bits per heavy atom. The summed E-state index contributed by atoms with van der Waals surface area (Å²) in [7, 11) is 0. The molecular weight excluding hydrogens is 381 g/mol. The van der Waals surface area contributed by atoms with E-state index in [0.717, 1.165) is 5.56 Å². The smallest absolute Gasteiger partial charge is 0.235 e. The van der Waals surface area contributed by atoms with Crippen LogP contribution in [0, 0.1) is 5.82 Å². The first-order chi connectivity index (χ1) is 13.4. The SMILES string of the molecule is O=C(Nc1cc(-c2ccccc2Cl)ccc1F)C1(c2ccc(O)c(O)c2)CC1. The molecule has 142 valence electrons. The van der Waals surface area contributed by atoms with E-state index in [9.17, 15) is 19.4 Å². The molecule has 0 spiro atoms. The van der Waals surface area contributed by atoms with E-state index in [0.29, 0.717) is 29.0 Å². The minimum absolute atomic E-state index is 0.0664. The molecular formula is C22H17ClFNO3. The zero-order valence-electron chi connectivity index (χ0n) is 14.7. The fourth-order valence-electron chi connectivity index (χ4n) is 3.32. The molecule has 0 bridgehead atoms. The second kappa shape index (κ2) is 6.84. The van der Waals surface area contributed by atoms with Crippen molar-refractivity contribution < 1.29 is 19.4 Å². The second-order valence-corrected chi connectivity index (χ2v) is 7.32. The fraction of sp³-hybridized carbons (Fsp3) is 0.136. The molecule has 0 heterocycles. The number of carbonyl (C=O) groups is 1. The zero-order valence-corrected chi connectivity index (χ0v) is 15.5. The van der Waals surface area contributed by atoms with Gasteiger partial charge in [0.25, 0.3) is 0 Å². The Labute approximate surface area is 166 Å². The van der Waals surface area contributed by atoms with Crippen molar-refractivity contribution in [1.82, 2.24) is 0 Å². The Morgan fingerprint density at radius 2 is 1.75 bits per heavy atom. The van der Waals surface area contributed by atoms with Gasteiger partial charge in [0.05, 0.1) is 11.1 Å². The van der Waals surface area contributed by atoms with Crippen molar-refractivity contribution in [3.63, 3.8) is 0 Å². The number of benzene rings is 3. The lowest BCUT2D eigenvalue weighted by atomic mass is 9.94. The van der Waals surface area contributed by atoms with E-state index < -0.39 is 11.2 Å². The van der Waals surface area contributed by atoms with E-state index in [1.165, 1.54) is 18.2 Å². The minimum Gasteiger partial charge on any atom is -0.504 e. The van der Waals surface area contributed by atoms with Gasteiger partial charge in [-0.2, -0.15) is 0 Å². The number of hydrogen-bond donors (Lipinski definition) is 3. The highest BCUT2D eigenvalue weighted by molar-refractivity contribution is 6.33. The molecule has 1 aliphatic rings. The molecule has 3 aromatic carbocycles. The third kappa shape index (κ3) is 3.18. The molecule has 6 heteroatoms. The van der Waals surface area contributed by atoms with Crippen molar-refractivity contribution in [1.29, 1.82) is 0 Å². The first-order valence-corrected chi connectivity index (χ1v) is 9.17. The van der Waals surface area contributed by atoms with Crippen LogP contribution in [-0.2, 0) is 10.2 Å². The van der Waals surface area contributed by atoms with Crippen LogP contribution in [0.1, 0.15) is 18.4 Å². The van der Waals surface area contributed by atoms with Gasteiger partial charge in [-0.05, 0) is 54.3 Å². The Balaban J connectivity index is 1.64. The Morgan fingerprint density at radius 1 is 1.00 bits per heavy atom. The topological polar surface area (TPSA) is 69.6 Å². The minimum atomic E-state index is -0.835. The molecule has 3 aromatic rings. The van der Waals surface area contributed by atoms with Crippen molar-refractivity contribution in [3.05, 3.63) is 77.1 Å². The molecule has 0 atom stereocenters. The second-order valence-electron chi connectivity index (χ2n) is 6.91. The monoisotopic (exact) mass is 397 g/mol. The van der Waals surface area contributed by atoms with Crippen molar-refractivity contribution in [3.8, 4) is 22.6 Å². The number of hydrogen-bond acceptors (Lipinski definition) is 3. The van der Waals surface area contributed by atoms with E-state index >= 15 is 0 Å². The fourth-order valence-corrected chi connectivity index (χ4v) is 3.56. The molecule has 0 aromatic heterocycles. The quantitative estimate of drug-likeness (QED) is 0.528. The van der Waals surface area contributed by atoms with Crippen LogP contribution in [0.15, 0.2) is 60.7 Å². The average Bonchev–Trinajstić information content (AvgIpc) is 3.48. The normalized spacial score (nSPS) is 14.5. The summed E-state index contributed by atoms with van der Waals surface area (Å²) in [4.78, 5) is 12.9. The molecule has 1 aliphatic carbocycles. The van der Waals surface area contributed by atoms with Crippen molar-refractivity contribution in [2.24, 2.45) is 0 Å². The predicted molar refractivity (Wildman–Crippen MR) is 106 cm³/mol. The van der Waals surface area contributed by atoms with E-state index in [-0.39, 0.29) is 23.1 Å². The summed E-state index contributed by atoms with van der Waals surface area (Å²) in [6, 6.07) is 16.0. The number of nitrogens with one attached hydrogen (secondary N) is 1. The van der Waals surface area contributed by atoms with Crippen LogP contribution in [0.25, 0.3) is 11.1 Å². The van der Waals surface area contributed by atoms with Crippen molar-refractivity contribution in [2.75, 3.05) is 5.32 Å². The molecule has 4 nitrogen and oxygen atoms in total. The maximum Gasteiger partial charge on any atom is 0.235 e. The Hall–Kier alpha value is -3.05.